The van der Waals surface area contributed by atoms with Gasteiger partial charge in [0.1, 0.15) is 0 Å². The molecule has 0 aromatic carbocycles. The number of amides is 1. The number of nitrogens with zero attached hydrogens (tertiary/aromatic N) is 1. The van der Waals surface area contributed by atoms with Crippen LogP contribution in [-0.2, 0) is 0 Å². The number of carbonyl (C=O) groups excluding carboxylic acids is 1. The van der Waals surface area contributed by atoms with Crippen molar-refractivity contribution in [3.8, 4) is 0 Å². The van der Waals surface area contributed by atoms with Gasteiger partial charge in [0.2, 0.25) is 0 Å². The van der Waals surface area contributed by atoms with Gasteiger partial charge in [-0.2, -0.15) is 0 Å². The normalized spacial score (nSPS) is 18.5. The van der Waals surface area contributed by atoms with Crippen molar-refractivity contribution in [3.63, 3.8) is 0 Å². The Labute approximate surface area is 115 Å². The van der Waals surface area contributed by atoms with Crippen LogP contribution in [0.25, 0.3) is 0 Å². The second-order valence-electron chi connectivity index (χ2n) is 6.50. The minimum Gasteiger partial charge on any atom is -0.459 e. The molecule has 0 radical (unpaired) electrons. The van der Waals surface area contributed by atoms with E-state index in [0.29, 0.717) is 11.2 Å². The number of rotatable bonds is 2. The molecule has 1 aliphatic rings. The van der Waals surface area contributed by atoms with Crippen LogP contribution in [0.15, 0.2) is 16.7 Å². The Balaban J connectivity index is 1.86. The molecule has 0 saturated carbocycles. The molecular weight excluding hydrogens is 240 g/mol. The van der Waals surface area contributed by atoms with Gasteiger partial charge in [-0.15, -0.1) is 0 Å². The molecule has 1 aliphatic heterocycles. The average Bonchev–Trinajstić information content (AvgIpc) is 2.75. The molecule has 1 saturated heterocycles. The van der Waals surface area contributed by atoms with E-state index in [-0.39, 0.29) is 5.91 Å². The summed E-state index contributed by atoms with van der Waals surface area (Å²) in [6.45, 7) is 10.6. The Kier molecular flexibility index (Phi) is 3.99. The first kappa shape index (κ1) is 14.1. The van der Waals surface area contributed by atoms with Crippen LogP contribution in [0.4, 0.5) is 0 Å². The number of furan rings is 1. The zero-order chi connectivity index (χ0) is 14.0. The zero-order valence-corrected chi connectivity index (χ0v) is 12.3. The van der Waals surface area contributed by atoms with Crippen molar-refractivity contribution in [2.75, 3.05) is 13.1 Å². The van der Waals surface area contributed by atoms with Gasteiger partial charge in [0.25, 0.3) is 0 Å². The van der Waals surface area contributed by atoms with Crippen LogP contribution < -0.4 is 5.43 Å². The fourth-order valence-electron chi connectivity index (χ4n) is 2.66. The summed E-state index contributed by atoms with van der Waals surface area (Å²) in [6.07, 6.45) is 3.80. The Morgan fingerprint density at radius 3 is 2.47 bits per heavy atom. The topological polar surface area (TPSA) is 45.5 Å². The lowest BCUT2D eigenvalue weighted by Gasteiger charge is -2.38. The molecular formula is C15H24N2O2. The van der Waals surface area contributed by atoms with E-state index in [2.05, 4.69) is 26.2 Å². The summed E-state index contributed by atoms with van der Waals surface area (Å²) in [7, 11) is 0. The highest BCUT2D eigenvalue weighted by Gasteiger charge is 2.29. The number of aryl methyl sites for hydroxylation is 1. The first-order chi connectivity index (χ1) is 8.88. The number of hydrogen-bond acceptors (Lipinski definition) is 3. The van der Waals surface area contributed by atoms with Crippen molar-refractivity contribution in [2.45, 2.75) is 40.5 Å². The molecule has 1 N–H and O–H groups in total. The summed E-state index contributed by atoms with van der Waals surface area (Å²) in [6, 6.07) is 1.81. The molecule has 106 valence electrons. The summed E-state index contributed by atoms with van der Waals surface area (Å²) in [5.74, 6) is 1.00. The van der Waals surface area contributed by atoms with Crippen LogP contribution in [0.2, 0.25) is 0 Å². The molecule has 0 aliphatic carbocycles. The third-order valence-electron chi connectivity index (χ3n) is 4.05. The summed E-state index contributed by atoms with van der Waals surface area (Å²) >= 11 is 0. The molecule has 1 amide bonds. The maximum absolute atomic E-state index is 12.0. The molecule has 1 aromatic rings. The van der Waals surface area contributed by atoms with Crippen molar-refractivity contribution in [2.24, 2.45) is 11.3 Å². The Bertz CT molecular complexity index is 437. The summed E-state index contributed by atoms with van der Waals surface area (Å²) in [5, 5.41) is 2.01. The number of hydrogen-bond donors (Lipinski definition) is 1. The molecule has 1 fully saturated rings. The lowest BCUT2D eigenvalue weighted by molar-refractivity contribution is 0.0554. The van der Waals surface area contributed by atoms with Crippen molar-refractivity contribution in [1.82, 2.24) is 10.4 Å². The second-order valence-corrected chi connectivity index (χ2v) is 6.50. The van der Waals surface area contributed by atoms with Crippen molar-refractivity contribution in [1.29, 1.82) is 0 Å². The van der Waals surface area contributed by atoms with E-state index in [9.17, 15) is 4.79 Å². The maximum Gasteiger partial charge on any atom is 0.301 e. The lowest BCUT2D eigenvalue weighted by Crippen LogP contribution is -2.48. The quantitative estimate of drug-likeness (QED) is 0.893. The van der Waals surface area contributed by atoms with Gasteiger partial charge in [0.05, 0.1) is 6.26 Å². The van der Waals surface area contributed by atoms with Gasteiger partial charge in [-0.1, -0.05) is 20.8 Å². The smallest absolute Gasteiger partial charge is 0.301 e. The van der Waals surface area contributed by atoms with Gasteiger partial charge in [0, 0.05) is 18.7 Å². The standard InChI is InChI=1S/C15H24N2O2/c1-11-7-10-19-13(11)14(18)16-17-8-5-12(6-9-17)15(2,3)4/h7,10,12H,5-6,8-9H2,1-4H3,(H,16,18). The minimum atomic E-state index is -0.142. The van der Waals surface area contributed by atoms with Crippen molar-refractivity contribution >= 4 is 5.91 Å². The van der Waals surface area contributed by atoms with E-state index in [1.807, 2.05) is 11.9 Å². The second kappa shape index (κ2) is 5.37. The minimum absolute atomic E-state index is 0.142. The highest BCUT2D eigenvalue weighted by Crippen LogP contribution is 2.33. The molecule has 4 nitrogen and oxygen atoms in total. The first-order valence-electron chi connectivity index (χ1n) is 6.98. The van der Waals surface area contributed by atoms with E-state index in [4.69, 9.17) is 4.42 Å². The predicted octanol–water partition coefficient (Wildman–Crippen LogP) is 2.99. The van der Waals surface area contributed by atoms with Crippen LogP contribution in [-0.4, -0.2) is 24.0 Å². The van der Waals surface area contributed by atoms with Crippen LogP contribution >= 0.6 is 0 Å². The molecule has 4 heteroatoms. The Hall–Kier alpha value is -1.29. The van der Waals surface area contributed by atoms with Gasteiger partial charge in [-0.05, 0) is 37.2 Å². The summed E-state index contributed by atoms with van der Waals surface area (Å²) in [4.78, 5) is 12.0. The van der Waals surface area contributed by atoms with Gasteiger partial charge < -0.3 is 4.42 Å². The van der Waals surface area contributed by atoms with E-state index < -0.39 is 0 Å². The Morgan fingerprint density at radius 1 is 1.37 bits per heavy atom. The van der Waals surface area contributed by atoms with Crippen LogP contribution in [0.1, 0.15) is 49.7 Å². The average molecular weight is 264 g/mol. The van der Waals surface area contributed by atoms with Gasteiger partial charge in [-0.3, -0.25) is 10.2 Å². The van der Waals surface area contributed by atoms with E-state index in [0.717, 1.165) is 37.4 Å². The molecule has 0 spiro atoms. The predicted molar refractivity (Wildman–Crippen MR) is 74.7 cm³/mol. The molecule has 1 aromatic heterocycles. The number of carbonyl (C=O) groups is 1. The Morgan fingerprint density at radius 2 is 2.00 bits per heavy atom. The van der Waals surface area contributed by atoms with Gasteiger partial charge in [0.15, 0.2) is 5.76 Å². The first-order valence-corrected chi connectivity index (χ1v) is 6.98. The summed E-state index contributed by atoms with van der Waals surface area (Å²) < 4.78 is 5.20. The third-order valence-corrected chi connectivity index (χ3v) is 4.05. The molecule has 2 rings (SSSR count). The number of hydrazine groups is 1. The summed E-state index contributed by atoms with van der Waals surface area (Å²) in [5.41, 5.74) is 4.17. The van der Waals surface area contributed by atoms with Crippen LogP contribution in [0.3, 0.4) is 0 Å². The molecule has 0 unspecified atom stereocenters. The van der Waals surface area contributed by atoms with Gasteiger partial charge >= 0.3 is 5.91 Å². The maximum atomic E-state index is 12.0. The van der Waals surface area contributed by atoms with Crippen LogP contribution in [0, 0.1) is 18.3 Å². The largest absolute Gasteiger partial charge is 0.459 e. The SMILES string of the molecule is Cc1ccoc1C(=O)NN1CCC(C(C)(C)C)CC1. The van der Waals surface area contributed by atoms with Gasteiger partial charge in [-0.25, -0.2) is 5.01 Å². The fraction of sp³-hybridized carbons (Fsp3) is 0.667. The highest BCUT2D eigenvalue weighted by molar-refractivity contribution is 5.92. The van der Waals surface area contributed by atoms with E-state index in [1.165, 1.54) is 0 Å². The lowest BCUT2D eigenvalue weighted by atomic mass is 9.75. The van der Waals surface area contributed by atoms with Crippen molar-refractivity contribution < 1.29 is 9.21 Å². The van der Waals surface area contributed by atoms with Crippen molar-refractivity contribution in [3.05, 3.63) is 23.7 Å². The number of nitrogens with one attached hydrogen (secondary N) is 1. The molecule has 19 heavy (non-hydrogen) atoms. The number of piperidine rings is 1. The fourth-order valence-corrected chi connectivity index (χ4v) is 2.66. The highest BCUT2D eigenvalue weighted by atomic mass is 16.3. The zero-order valence-electron chi connectivity index (χ0n) is 12.3. The molecule has 0 bridgehead atoms. The van der Waals surface area contributed by atoms with E-state index >= 15 is 0 Å². The van der Waals surface area contributed by atoms with E-state index in [1.54, 1.807) is 12.3 Å². The third kappa shape index (κ3) is 3.38. The molecule has 2 heterocycles. The molecule has 0 atom stereocenters. The van der Waals surface area contributed by atoms with Crippen LogP contribution in [0.5, 0.6) is 0 Å². The monoisotopic (exact) mass is 264 g/mol.